The topological polar surface area (TPSA) is 110 Å². The molecule has 0 saturated carbocycles. The van der Waals surface area contributed by atoms with Crippen LogP contribution < -0.4 is 15.4 Å². The first kappa shape index (κ1) is 25.4. The van der Waals surface area contributed by atoms with Crippen molar-refractivity contribution in [1.82, 2.24) is 15.6 Å². The second kappa shape index (κ2) is 12.9. The summed E-state index contributed by atoms with van der Waals surface area (Å²) in [6.07, 6.45) is 3.59. The Morgan fingerprint density at radius 1 is 1.12 bits per heavy atom. The van der Waals surface area contributed by atoms with E-state index in [9.17, 15) is 14.4 Å². The molecule has 0 saturated heterocycles. The fraction of sp³-hybridized carbons (Fsp3) is 0.542. The highest BCUT2D eigenvalue weighted by Crippen LogP contribution is 2.26. The van der Waals surface area contributed by atoms with Crippen molar-refractivity contribution in [2.45, 2.75) is 58.4 Å². The van der Waals surface area contributed by atoms with Gasteiger partial charge in [-0.3, -0.25) is 9.59 Å². The minimum atomic E-state index is -0.628. The highest BCUT2D eigenvalue weighted by molar-refractivity contribution is 5.93. The zero-order valence-electron chi connectivity index (χ0n) is 19.5. The van der Waals surface area contributed by atoms with Crippen molar-refractivity contribution in [3.63, 3.8) is 0 Å². The molecule has 0 radical (unpaired) electrons. The third-order valence-electron chi connectivity index (χ3n) is 5.44. The summed E-state index contributed by atoms with van der Waals surface area (Å²) in [7, 11) is 3.18. The minimum Gasteiger partial charge on any atom is -0.497 e. The van der Waals surface area contributed by atoms with Gasteiger partial charge in [-0.1, -0.05) is 12.8 Å². The van der Waals surface area contributed by atoms with E-state index >= 15 is 0 Å². The number of aromatic amines is 1. The Kier molecular flexibility index (Phi) is 10.2. The van der Waals surface area contributed by atoms with Crippen LogP contribution in [0.5, 0.6) is 5.75 Å². The molecule has 1 aromatic carbocycles. The monoisotopic (exact) mass is 445 g/mol. The maximum absolute atomic E-state index is 12.9. The van der Waals surface area contributed by atoms with Crippen molar-refractivity contribution in [1.29, 1.82) is 0 Å². The molecule has 1 atom stereocenters. The average molecular weight is 446 g/mol. The van der Waals surface area contributed by atoms with Gasteiger partial charge in [0, 0.05) is 36.7 Å². The molecule has 176 valence electrons. The van der Waals surface area contributed by atoms with E-state index in [1.54, 1.807) is 21.1 Å². The lowest BCUT2D eigenvalue weighted by molar-refractivity contribution is -0.129. The number of carbonyl (C=O) groups excluding carboxylic acids is 3. The van der Waals surface area contributed by atoms with E-state index in [-0.39, 0.29) is 24.0 Å². The van der Waals surface area contributed by atoms with Crippen molar-refractivity contribution in [2.75, 3.05) is 27.4 Å². The van der Waals surface area contributed by atoms with E-state index in [1.807, 2.05) is 25.1 Å². The largest absolute Gasteiger partial charge is 0.497 e. The van der Waals surface area contributed by atoms with E-state index in [0.717, 1.165) is 47.2 Å². The Morgan fingerprint density at radius 2 is 1.91 bits per heavy atom. The molecular formula is C24H35N3O5. The number of benzene rings is 1. The fourth-order valence-electron chi connectivity index (χ4n) is 3.69. The first-order chi connectivity index (χ1) is 15.3. The van der Waals surface area contributed by atoms with Crippen molar-refractivity contribution in [2.24, 2.45) is 0 Å². The van der Waals surface area contributed by atoms with Crippen LogP contribution in [0.15, 0.2) is 18.2 Å². The average Bonchev–Trinajstić information content (AvgIpc) is 3.06. The lowest BCUT2D eigenvalue weighted by atomic mass is 10.0. The van der Waals surface area contributed by atoms with E-state index < -0.39 is 6.04 Å². The summed E-state index contributed by atoms with van der Waals surface area (Å²) in [5.74, 6) is 0.448. The molecule has 0 aliphatic rings. The van der Waals surface area contributed by atoms with Crippen LogP contribution in [0.25, 0.3) is 10.9 Å². The number of H-pyrrole nitrogens is 1. The van der Waals surface area contributed by atoms with E-state index in [2.05, 4.69) is 15.6 Å². The number of amides is 2. The fourth-order valence-corrected chi connectivity index (χ4v) is 3.69. The highest BCUT2D eigenvalue weighted by atomic mass is 16.5. The predicted molar refractivity (Wildman–Crippen MR) is 124 cm³/mol. The van der Waals surface area contributed by atoms with Gasteiger partial charge in [0.05, 0.1) is 20.1 Å². The molecule has 1 heterocycles. The van der Waals surface area contributed by atoms with Crippen LogP contribution in [-0.4, -0.2) is 56.0 Å². The first-order valence-corrected chi connectivity index (χ1v) is 11.1. The van der Waals surface area contributed by atoms with Gasteiger partial charge in [-0.2, -0.15) is 0 Å². The number of aryl methyl sites for hydroxylation is 1. The summed E-state index contributed by atoms with van der Waals surface area (Å²) in [6, 6.07) is 5.08. The summed E-state index contributed by atoms with van der Waals surface area (Å²) < 4.78 is 10.3. The molecule has 2 amide bonds. The summed E-state index contributed by atoms with van der Waals surface area (Å²) in [5, 5.41) is 6.64. The number of unbranched alkanes of at least 4 members (excludes halogenated alkanes) is 2. The van der Waals surface area contributed by atoms with Crippen LogP contribution in [0.2, 0.25) is 0 Å². The SMILES string of the molecule is COCCNC(=O)C(CCCCCC(C)=O)NC(=O)Cc1c(C)[nH]c2ccc(OC)cc12. The summed E-state index contributed by atoms with van der Waals surface area (Å²) >= 11 is 0. The summed E-state index contributed by atoms with van der Waals surface area (Å²) in [6.45, 7) is 4.29. The molecule has 0 spiro atoms. The zero-order valence-corrected chi connectivity index (χ0v) is 19.5. The Balaban J connectivity index is 2.04. The lowest BCUT2D eigenvalue weighted by Crippen LogP contribution is -2.47. The van der Waals surface area contributed by atoms with Gasteiger partial charge in [0.25, 0.3) is 0 Å². The number of fused-ring (bicyclic) bond motifs is 1. The molecule has 8 heteroatoms. The first-order valence-electron chi connectivity index (χ1n) is 11.1. The zero-order chi connectivity index (χ0) is 23.5. The number of hydrogen-bond donors (Lipinski definition) is 3. The van der Waals surface area contributed by atoms with Crippen LogP contribution >= 0.6 is 0 Å². The van der Waals surface area contributed by atoms with Crippen LogP contribution in [0.3, 0.4) is 0 Å². The van der Waals surface area contributed by atoms with Gasteiger partial charge in [-0.15, -0.1) is 0 Å². The number of Topliss-reactive ketones (excluding diaryl/α,β-unsaturated/α-hetero) is 1. The van der Waals surface area contributed by atoms with Crippen LogP contribution in [-0.2, 0) is 25.5 Å². The van der Waals surface area contributed by atoms with Crippen molar-refractivity contribution in [3.8, 4) is 5.75 Å². The molecule has 1 aromatic heterocycles. The molecule has 3 N–H and O–H groups in total. The van der Waals surface area contributed by atoms with Gasteiger partial charge in [-0.05, 0) is 50.5 Å². The van der Waals surface area contributed by atoms with Gasteiger partial charge < -0.3 is 29.9 Å². The smallest absolute Gasteiger partial charge is 0.242 e. The maximum Gasteiger partial charge on any atom is 0.242 e. The number of methoxy groups -OCH3 is 2. The molecule has 1 unspecified atom stereocenters. The number of hydrogen-bond acceptors (Lipinski definition) is 5. The number of ether oxygens (including phenoxy) is 2. The van der Waals surface area contributed by atoms with Crippen LogP contribution in [0.1, 0.15) is 50.3 Å². The number of carbonyl (C=O) groups is 3. The number of aromatic nitrogens is 1. The van der Waals surface area contributed by atoms with Gasteiger partial charge in [0.2, 0.25) is 11.8 Å². The van der Waals surface area contributed by atoms with Gasteiger partial charge in [0.15, 0.2) is 0 Å². The summed E-state index contributed by atoms with van der Waals surface area (Å²) in [5.41, 5.74) is 2.73. The van der Waals surface area contributed by atoms with E-state index in [4.69, 9.17) is 9.47 Å². The second-order valence-corrected chi connectivity index (χ2v) is 8.02. The van der Waals surface area contributed by atoms with Crippen molar-refractivity contribution < 1.29 is 23.9 Å². The standard InChI is InChI=1S/C24H35N3O5/c1-16(28)8-6-5-7-9-22(24(30)25-12-13-31-3)27-23(29)15-19-17(2)26-21-11-10-18(32-4)14-20(19)21/h10-11,14,22,26H,5-9,12-13,15H2,1-4H3,(H,25,30)(H,27,29). The summed E-state index contributed by atoms with van der Waals surface area (Å²) in [4.78, 5) is 39.9. The third kappa shape index (κ3) is 7.67. The normalized spacial score (nSPS) is 11.9. The quantitative estimate of drug-likeness (QED) is 0.388. The molecular weight excluding hydrogens is 410 g/mol. The van der Waals surface area contributed by atoms with Crippen molar-refractivity contribution in [3.05, 3.63) is 29.5 Å². The van der Waals surface area contributed by atoms with Crippen molar-refractivity contribution >= 4 is 28.5 Å². The minimum absolute atomic E-state index is 0.158. The van der Waals surface area contributed by atoms with Crippen LogP contribution in [0.4, 0.5) is 0 Å². The Bertz CT molecular complexity index is 922. The molecule has 32 heavy (non-hydrogen) atoms. The highest BCUT2D eigenvalue weighted by Gasteiger charge is 2.21. The number of ketones is 1. The molecule has 2 rings (SSSR count). The molecule has 0 aliphatic heterocycles. The second-order valence-electron chi connectivity index (χ2n) is 8.02. The molecule has 0 bridgehead atoms. The Morgan fingerprint density at radius 3 is 2.59 bits per heavy atom. The third-order valence-corrected chi connectivity index (χ3v) is 5.44. The van der Waals surface area contributed by atoms with Gasteiger partial charge in [-0.25, -0.2) is 0 Å². The number of rotatable bonds is 14. The molecule has 2 aromatic rings. The van der Waals surface area contributed by atoms with E-state index in [1.165, 1.54) is 0 Å². The van der Waals surface area contributed by atoms with Crippen LogP contribution in [0, 0.1) is 6.92 Å². The molecule has 0 aliphatic carbocycles. The molecule has 8 nitrogen and oxygen atoms in total. The van der Waals surface area contributed by atoms with E-state index in [0.29, 0.717) is 26.0 Å². The predicted octanol–water partition coefficient (Wildman–Crippen LogP) is 2.81. The Hall–Kier alpha value is -2.87. The maximum atomic E-state index is 12.9. The Labute approximate surface area is 189 Å². The molecule has 0 fully saturated rings. The lowest BCUT2D eigenvalue weighted by Gasteiger charge is -2.18. The van der Waals surface area contributed by atoms with Gasteiger partial charge >= 0.3 is 0 Å². The number of nitrogens with one attached hydrogen (secondary N) is 3. The van der Waals surface area contributed by atoms with Gasteiger partial charge in [0.1, 0.15) is 17.6 Å².